The molecular weight excluding hydrogens is 224 g/mol. The summed E-state index contributed by atoms with van der Waals surface area (Å²) < 4.78 is 2.03. The van der Waals surface area contributed by atoms with Crippen LogP contribution in [0.3, 0.4) is 0 Å². The molecule has 0 aromatic carbocycles. The van der Waals surface area contributed by atoms with Crippen LogP contribution in [0.15, 0.2) is 12.4 Å². The van der Waals surface area contributed by atoms with Crippen LogP contribution in [0, 0.1) is 5.92 Å². The first kappa shape index (κ1) is 13.6. The van der Waals surface area contributed by atoms with Crippen LogP contribution >= 0.6 is 0 Å². The van der Waals surface area contributed by atoms with Crippen LogP contribution in [0.4, 0.5) is 0 Å². The number of rotatable bonds is 4. The number of likely N-dealkylation sites (tertiary alicyclic amines) is 1. The quantitative estimate of drug-likeness (QED) is 0.889. The highest BCUT2D eigenvalue weighted by atomic mass is 15.3. The fourth-order valence-corrected chi connectivity index (χ4v) is 2.70. The maximum Gasteiger partial charge on any atom is 0.0534 e. The van der Waals surface area contributed by atoms with Crippen molar-refractivity contribution in [2.45, 2.75) is 52.2 Å². The summed E-state index contributed by atoms with van der Waals surface area (Å²) in [5, 5.41) is 4.40. The lowest BCUT2D eigenvalue weighted by atomic mass is 9.90. The second-order valence-electron chi connectivity index (χ2n) is 5.78. The third-order valence-corrected chi connectivity index (χ3v) is 3.99. The van der Waals surface area contributed by atoms with Gasteiger partial charge in [-0.1, -0.05) is 13.3 Å². The van der Waals surface area contributed by atoms with Crippen molar-refractivity contribution in [3.8, 4) is 0 Å². The Morgan fingerprint density at radius 1 is 1.50 bits per heavy atom. The largest absolute Gasteiger partial charge is 0.327 e. The molecular formula is C14H26N4. The lowest BCUT2D eigenvalue weighted by Gasteiger charge is -2.36. The zero-order chi connectivity index (χ0) is 13.1. The average molecular weight is 250 g/mol. The molecule has 1 fully saturated rings. The molecule has 1 aromatic rings. The van der Waals surface area contributed by atoms with Gasteiger partial charge in [0.1, 0.15) is 0 Å². The number of aromatic nitrogens is 2. The Morgan fingerprint density at radius 3 is 2.89 bits per heavy atom. The van der Waals surface area contributed by atoms with Crippen molar-refractivity contribution in [2.24, 2.45) is 11.7 Å². The fraction of sp³-hybridized carbons (Fsp3) is 0.786. The molecule has 102 valence electrons. The van der Waals surface area contributed by atoms with Gasteiger partial charge in [-0.15, -0.1) is 0 Å². The minimum absolute atomic E-state index is 0.393. The van der Waals surface area contributed by atoms with Gasteiger partial charge in [0.2, 0.25) is 0 Å². The third-order valence-electron chi connectivity index (χ3n) is 3.99. The smallest absolute Gasteiger partial charge is 0.0534 e. The molecule has 2 N–H and O–H groups in total. The lowest BCUT2D eigenvalue weighted by molar-refractivity contribution is 0.145. The average Bonchev–Trinajstić information content (AvgIpc) is 2.80. The fourth-order valence-electron chi connectivity index (χ4n) is 2.70. The Bertz CT molecular complexity index is 372. The van der Waals surface area contributed by atoms with Crippen LogP contribution in [-0.4, -0.2) is 33.8 Å². The van der Waals surface area contributed by atoms with E-state index >= 15 is 0 Å². The molecule has 1 aromatic heterocycles. The van der Waals surface area contributed by atoms with Crippen LogP contribution < -0.4 is 5.73 Å². The van der Waals surface area contributed by atoms with Gasteiger partial charge in [0.25, 0.3) is 0 Å². The Hall–Kier alpha value is -0.870. The molecule has 1 saturated heterocycles. The number of piperidine rings is 1. The van der Waals surface area contributed by atoms with Crippen molar-refractivity contribution in [2.75, 3.05) is 13.1 Å². The number of nitrogens with zero attached hydrogens (tertiary/aromatic N) is 3. The molecule has 0 saturated carbocycles. The van der Waals surface area contributed by atoms with Crippen molar-refractivity contribution in [1.29, 1.82) is 0 Å². The molecule has 0 spiro atoms. The topological polar surface area (TPSA) is 47.1 Å². The van der Waals surface area contributed by atoms with E-state index in [9.17, 15) is 0 Å². The summed E-state index contributed by atoms with van der Waals surface area (Å²) in [6.07, 6.45) is 6.47. The SMILES string of the molecule is CCC1CN(Cc2cnn(C(C)C)c2)CCC1N. The van der Waals surface area contributed by atoms with E-state index in [0.29, 0.717) is 18.0 Å². The summed E-state index contributed by atoms with van der Waals surface area (Å²) in [4.78, 5) is 2.51. The Balaban J connectivity index is 1.92. The van der Waals surface area contributed by atoms with Gasteiger partial charge >= 0.3 is 0 Å². The van der Waals surface area contributed by atoms with E-state index in [1.807, 2.05) is 10.9 Å². The molecule has 2 atom stereocenters. The van der Waals surface area contributed by atoms with Crippen LogP contribution in [0.1, 0.15) is 45.2 Å². The molecule has 0 aliphatic carbocycles. The summed E-state index contributed by atoms with van der Waals surface area (Å²) in [5.41, 5.74) is 7.46. The first-order valence-electron chi connectivity index (χ1n) is 7.11. The predicted molar refractivity (Wildman–Crippen MR) is 74.3 cm³/mol. The van der Waals surface area contributed by atoms with E-state index in [2.05, 4.69) is 37.0 Å². The summed E-state index contributed by atoms with van der Waals surface area (Å²) in [6.45, 7) is 9.81. The number of hydrogen-bond donors (Lipinski definition) is 1. The molecule has 18 heavy (non-hydrogen) atoms. The van der Waals surface area contributed by atoms with Crippen molar-refractivity contribution in [1.82, 2.24) is 14.7 Å². The zero-order valence-corrected chi connectivity index (χ0v) is 11.8. The predicted octanol–water partition coefficient (Wildman–Crippen LogP) is 2.02. The minimum Gasteiger partial charge on any atom is -0.327 e. The van der Waals surface area contributed by atoms with Crippen LogP contribution in [0.25, 0.3) is 0 Å². The molecule has 4 heteroatoms. The monoisotopic (exact) mass is 250 g/mol. The normalized spacial score (nSPS) is 25.8. The number of nitrogens with two attached hydrogens (primary N) is 1. The maximum absolute atomic E-state index is 6.15. The third kappa shape index (κ3) is 3.12. The second-order valence-corrected chi connectivity index (χ2v) is 5.78. The molecule has 0 bridgehead atoms. The Morgan fingerprint density at radius 2 is 2.28 bits per heavy atom. The lowest BCUT2D eigenvalue weighted by Crippen LogP contribution is -2.46. The van der Waals surface area contributed by atoms with E-state index in [4.69, 9.17) is 5.73 Å². The van der Waals surface area contributed by atoms with E-state index in [1.54, 1.807) is 0 Å². The highest BCUT2D eigenvalue weighted by Crippen LogP contribution is 2.20. The molecule has 0 amide bonds. The first-order valence-corrected chi connectivity index (χ1v) is 7.11. The van der Waals surface area contributed by atoms with Gasteiger partial charge in [0, 0.05) is 36.9 Å². The molecule has 4 nitrogen and oxygen atoms in total. The highest BCUT2D eigenvalue weighted by molar-refractivity contribution is 5.04. The van der Waals surface area contributed by atoms with Gasteiger partial charge in [0.15, 0.2) is 0 Å². The van der Waals surface area contributed by atoms with Crippen molar-refractivity contribution < 1.29 is 0 Å². The molecule has 0 radical (unpaired) electrons. The molecule has 1 aliphatic rings. The first-order chi connectivity index (χ1) is 8.60. The summed E-state index contributed by atoms with van der Waals surface area (Å²) in [6, 6.07) is 0.835. The van der Waals surface area contributed by atoms with E-state index in [0.717, 1.165) is 26.1 Å². The second kappa shape index (κ2) is 5.85. The summed E-state index contributed by atoms with van der Waals surface area (Å²) in [5.74, 6) is 0.652. The van der Waals surface area contributed by atoms with Gasteiger partial charge in [-0.3, -0.25) is 9.58 Å². The minimum atomic E-state index is 0.393. The molecule has 2 unspecified atom stereocenters. The van der Waals surface area contributed by atoms with Gasteiger partial charge < -0.3 is 5.73 Å². The van der Waals surface area contributed by atoms with Gasteiger partial charge in [-0.05, 0) is 32.7 Å². The van der Waals surface area contributed by atoms with Crippen molar-refractivity contribution in [3.63, 3.8) is 0 Å². The Kier molecular flexibility index (Phi) is 4.40. The molecule has 2 rings (SSSR count). The van der Waals surface area contributed by atoms with Gasteiger partial charge in [0.05, 0.1) is 6.20 Å². The van der Waals surface area contributed by atoms with Crippen molar-refractivity contribution in [3.05, 3.63) is 18.0 Å². The highest BCUT2D eigenvalue weighted by Gasteiger charge is 2.25. The maximum atomic E-state index is 6.15. The molecule has 1 aliphatic heterocycles. The van der Waals surface area contributed by atoms with Crippen molar-refractivity contribution >= 4 is 0 Å². The summed E-state index contributed by atoms with van der Waals surface area (Å²) in [7, 11) is 0. The van der Waals surface area contributed by atoms with Crippen LogP contribution in [0.2, 0.25) is 0 Å². The van der Waals surface area contributed by atoms with E-state index < -0.39 is 0 Å². The van der Waals surface area contributed by atoms with E-state index in [-0.39, 0.29) is 0 Å². The van der Waals surface area contributed by atoms with Gasteiger partial charge in [-0.2, -0.15) is 5.10 Å². The standard InChI is InChI=1S/C14H26N4/c1-4-13-10-17(6-5-14(13)15)8-12-7-16-18(9-12)11(2)3/h7,9,11,13-14H,4-6,8,10,15H2,1-3H3. The number of hydrogen-bond acceptors (Lipinski definition) is 3. The van der Waals surface area contributed by atoms with E-state index in [1.165, 1.54) is 12.0 Å². The van der Waals surface area contributed by atoms with Crippen LogP contribution in [0.5, 0.6) is 0 Å². The zero-order valence-electron chi connectivity index (χ0n) is 11.8. The summed E-state index contributed by atoms with van der Waals surface area (Å²) >= 11 is 0. The van der Waals surface area contributed by atoms with Gasteiger partial charge in [-0.25, -0.2) is 0 Å². The Labute approximate surface area is 110 Å². The van der Waals surface area contributed by atoms with Crippen LogP contribution in [-0.2, 0) is 6.54 Å². The molecule has 2 heterocycles.